The summed E-state index contributed by atoms with van der Waals surface area (Å²) in [5.74, 6) is -3.95. The maximum absolute atomic E-state index is 12.6. The number of rotatable bonds is 6. The molecule has 0 saturated carbocycles. The topological polar surface area (TPSA) is 127 Å². The highest BCUT2D eigenvalue weighted by Crippen LogP contribution is 2.27. The number of aromatic carboxylic acids is 1. The summed E-state index contributed by atoms with van der Waals surface area (Å²) < 4.78 is 59.3. The Labute approximate surface area is 204 Å². The van der Waals surface area contributed by atoms with Crippen molar-refractivity contribution in [2.45, 2.75) is 18.0 Å². The molecule has 1 aliphatic heterocycles. The minimum atomic E-state index is -5.08. The lowest BCUT2D eigenvalue weighted by atomic mass is 10.1. The van der Waals surface area contributed by atoms with Gasteiger partial charge in [-0.2, -0.15) is 13.2 Å². The minimum Gasteiger partial charge on any atom is -0.478 e. The summed E-state index contributed by atoms with van der Waals surface area (Å²) in [5.41, 5.74) is 0.703. The van der Waals surface area contributed by atoms with Crippen LogP contribution in [0.25, 0.3) is 0 Å². The van der Waals surface area contributed by atoms with E-state index in [0.717, 1.165) is 38.4 Å². The first-order valence-corrected chi connectivity index (χ1v) is 12.0. The van der Waals surface area contributed by atoms with E-state index in [4.69, 9.17) is 21.5 Å². The van der Waals surface area contributed by atoms with Gasteiger partial charge < -0.3 is 20.0 Å². The molecule has 192 valence electrons. The predicted octanol–water partition coefficient (Wildman–Crippen LogP) is 3.61. The molecule has 0 aliphatic carbocycles. The number of sulfonamides is 1. The van der Waals surface area contributed by atoms with E-state index in [1.54, 1.807) is 6.07 Å². The molecular weight excluding hydrogens is 515 g/mol. The van der Waals surface area contributed by atoms with Crippen LogP contribution in [-0.2, 0) is 14.8 Å². The number of hydrogen-bond acceptors (Lipinski definition) is 6. The normalized spacial score (nSPS) is 14.6. The van der Waals surface area contributed by atoms with Gasteiger partial charge in [0, 0.05) is 36.9 Å². The second-order valence-electron chi connectivity index (χ2n) is 7.32. The van der Waals surface area contributed by atoms with E-state index in [2.05, 4.69) is 21.4 Å². The van der Waals surface area contributed by atoms with E-state index >= 15 is 0 Å². The molecule has 2 aromatic carbocycles. The van der Waals surface area contributed by atoms with E-state index < -0.39 is 28.1 Å². The SMILES string of the molecule is CCN1CCN(c2ccc(NS(=O)(=O)c3ccc(Cl)cc3)c(C(=O)O)c2)CC1.O=C(O)C(F)(F)F. The molecule has 0 unspecified atom stereocenters. The summed E-state index contributed by atoms with van der Waals surface area (Å²) in [6.45, 7) is 6.50. The lowest BCUT2D eigenvalue weighted by molar-refractivity contribution is -0.192. The van der Waals surface area contributed by atoms with Gasteiger partial charge in [0.05, 0.1) is 16.1 Å². The third-order valence-electron chi connectivity index (χ3n) is 5.03. The Morgan fingerprint density at radius 1 is 1.03 bits per heavy atom. The number of aliphatic carboxylic acids is 1. The number of carboxylic acids is 2. The fourth-order valence-electron chi connectivity index (χ4n) is 3.13. The fraction of sp³-hybridized carbons (Fsp3) is 0.333. The van der Waals surface area contributed by atoms with Crippen molar-refractivity contribution < 1.29 is 41.4 Å². The van der Waals surface area contributed by atoms with Crippen molar-refractivity contribution in [3.05, 3.63) is 53.1 Å². The van der Waals surface area contributed by atoms with Crippen molar-refractivity contribution in [1.29, 1.82) is 0 Å². The molecule has 1 saturated heterocycles. The molecule has 0 aromatic heterocycles. The van der Waals surface area contributed by atoms with Crippen molar-refractivity contribution >= 4 is 44.9 Å². The van der Waals surface area contributed by atoms with Gasteiger partial charge in [-0.05, 0) is 49.0 Å². The Bertz CT molecular complexity index is 1150. The predicted molar refractivity (Wildman–Crippen MR) is 124 cm³/mol. The number of piperazine rings is 1. The van der Waals surface area contributed by atoms with Crippen LogP contribution in [0.3, 0.4) is 0 Å². The molecule has 2 aromatic rings. The van der Waals surface area contributed by atoms with Crippen LogP contribution in [0.5, 0.6) is 0 Å². The zero-order valence-corrected chi connectivity index (χ0v) is 20.0. The van der Waals surface area contributed by atoms with Gasteiger partial charge >= 0.3 is 18.1 Å². The second-order valence-corrected chi connectivity index (χ2v) is 9.44. The molecule has 0 atom stereocenters. The lowest BCUT2D eigenvalue weighted by Gasteiger charge is -2.35. The third kappa shape index (κ3) is 8.01. The Morgan fingerprint density at radius 3 is 2.03 bits per heavy atom. The minimum absolute atomic E-state index is 0.00741. The number of nitrogens with zero attached hydrogens (tertiary/aromatic N) is 2. The summed E-state index contributed by atoms with van der Waals surface area (Å²) in [4.78, 5) is 25.1. The van der Waals surface area contributed by atoms with Gasteiger partial charge in [-0.3, -0.25) is 4.72 Å². The van der Waals surface area contributed by atoms with Crippen molar-refractivity contribution in [3.63, 3.8) is 0 Å². The Balaban J connectivity index is 0.000000540. The van der Waals surface area contributed by atoms with E-state index in [1.807, 2.05) is 0 Å². The average molecular weight is 538 g/mol. The molecule has 0 bridgehead atoms. The number of alkyl halides is 3. The summed E-state index contributed by atoms with van der Waals surface area (Å²) in [7, 11) is -3.93. The number of halogens is 4. The van der Waals surface area contributed by atoms with Crippen molar-refractivity contribution in [3.8, 4) is 0 Å². The first-order chi connectivity index (χ1) is 16.2. The van der Waals surface area contributed by atoms with Gasteiger partial charge in [0.25, 0.3) is 10.0 Å². The van der Waals surface area contributed by atoms with Gasteiger partial charge in [-0.25, -0.2) is 18.0 Å². The van der Waals surface area contributed by atoms with Gasteiger partial charge in [0.1, 0.15) is 0 Å². The molecule has 14 heteroatoms. The molecular formula is C21H23ClF3N3O6S. The molecule has 3 N–H and O–H groups in total. The van der Waals surface area contributed by atoms with Crippen LogP contribution >= 0.6 is 11.6 Å². The number of anilines is 2. The van der Waals surface area contributed by atoms with E-state index in [0.29, 0.717) is 5.02 Å². The maximum atomic E-state index is 12.6. The average Bonchev–Trinajstić information content (AvgIpc) is 2.79. The van der Waals surface area contributed by atoms with Gasteiger partial charge in [-0.1, -0.05) is 18.5 Å². The monoisotopic (exact) mass is 537 g/mol. The van der Waals surface area contributed by atoms with Crippen LogP contribution < -0.4 is 9.62 Å². The highest BCUT2D eigenvalue weighted by Gasteiger charge is 2.38. The first kappa shape index (κ1) is 28.2. The van der Waals surface area contributed by atoms with E-state index in [9.17, 15) is 31.5 Å². The summed E-state index contributed by atoms with van der Waals surface area (Å²) in [6, 6.07) is 10.4. The zero-order chi connectivity index (χ0) is 26.4. The molecule has 1 aliphatic rings. The molecule has 0 amide bonds. The van der Waals surface area contributed by atoms with Gasteiger partial charge in [-0.15, -0.1) is 0 Å². The molecule has 35 heavy (non-hydrogen) atoms. The summed E-state index contributed by atoms with van der Waals surface area (Å²) in [6.07, 6.45) is -5.08. The number of likely N-dealkylation sites (N-methyl/N-ethyl adjacent to an activating group) is 1. The van der Waals surface area contributed by atoms with E-state index in [-0.39, 0.29) is 16.1 Å². The molecule has 9 nitrogen and oxygen atoms in total. The van der Waals surface area contributed by atoms with Gasteiger partial charge in [0.2, 0.25) is 0 Å². The fourth-order valence-corrected chi connectivity index (χ4v) is 4.34. The van der Waals surface area contributed by atoms with Crippen LogP contribution in [0.2, 0.25) is 5.02 Å². The Morgan fingerprint density at radius 2 is 1.57 bits per heavy atom. The molecule has 1 heterocycles. The van der Waals surface area contributed by atoms with Crippen LogP contribution in [0.1, 0.15) is 17.3 Å². The van der Waals surface area contributed by atoms with Crippen LogP contribution in [0.4, 0.5) is 24.5 Å². The van der Waals surface area contributed by atoms with E-state index in [1.165, 1.54) is 36.4 Å². The molecule has 1 fully saturated rings. The first-order valence-electron chi connectivity index (χ1n) is 10.2. The van der Waals surface area contributed by atoms with Crippen LogP contribution in [-0.4, -0.2) is 74.4 Å². The van der Waals surface area contributed by atoms with Gasteiger partial charge in [0.15, 0.2) is 0 Å². The van der Waals surface area contributed by atoms with Crippen LogP contribution in [0.15, 0.2) is 47.4 Å². The number of carboxylic acid groups (broad SMARTS) is 2. The van der Waals surface area contributed by atoms with Crippen molar-refractivity contribution in [2.75, 3.05) is 42.3 Å². The summed E-state index contributed by atoms with van der Waals surface area (Å²) >= 11 is 5.80. The molecule has 0 radical (unpaired) electrons. The summed E-state index contributed by atoms with van der Waals surface area (Å²) in [5, 5.41) is 17.1. The number of benzene rings is 2. The second kappa shape index (κ2) is 11.6. The smallest absolute Gasteiger partial charge is 0.478 e. The largest absolute Gasteiger partial charge is 0.490 e. The van der Waals surface area contributed by atoms with Crippen molar-refractivity contribution in [2.24, 2.45) is 0 Å². The zero-order valence-electron chi connectivity index (χ0n) is 18.4. The maximum Gasteiger partial charge on any atom is 0.490 e. The molecule has 0 spiro atoms. The lowest BCUT2D eigenvalue weighted by Crippen LogP contribution is -2.46. The number of nitrogens with one attached hydrogen (secondary N) is 1. The standard InChI is InChI=1S/C19H22ClN3O4S.C2HF3O2/c1-2-22-9-11-23(12-10-22)15-5-8-18(17(13-15)19(24)25)21-28(26,27)16-6-3-14(20)4-7-16;3-2(4,5)1(6)7/h3-8,13,21H,2,9-12H2,1H3,(H,24,25);(H,6,7). The molecule has 3 rings (SSSR count). The number of hydrogen-bond donors (Lipinski definition) is 3. The highest BCUT2D eigenvalue weighted by atomic mass is 35.5. The highest BCUT2D eigenvalue weighted by molar-refractivity contribution is 7.92. The Kier molecular flexibility index (Phi) is 9.35. The van der Waals surface area contributed by atoms with Crippen molar-refractivity contribution in [1.82, 2.24) is 4.90 Å². The Hall–Kier alpha value is -3.03. The quantitative estimate of drug-likeness (QED) is 0.510. The number of carbonyl (C=O) groups is 2. The third-order valence-corrected chi connectivity index (χ3v) is 6.66. The van der Waals surface area contributed by atoms with Crippen LogP contribution in [0, 0.1) is 0 Å².